The zero-order valence-corrected chi connectivity index (χ0v) is 24.2. The SMILES string of the molecule is O=S(=O)(C(C=Cc1c(F)c(F)c(F)c(F)c1F)c1ccc(Cl)cc1)C(C=Cc1c(F)c(F)c(F)c(F)c1F)c1ccc(Cl)cc1. The standard InChI is InChI=1S/C30H14Cl2F10O2S/c31-15-5-1-13(2-6-15)19(11-9-17-21(33)25(37)29(41)26(38)22(17)34)45(43,44)20(14-3-7-16(32)8-4-14)12-10-18-23(35)27(39)30(42)28(40)24(18)36/h1-12,19-20H. The Bertz CT molecular complexity index is 1750. The normalized spacial score (nSPS) is 13.6. The molecule has 0 bridgehead atoms. The summed E-state index contributed by atoms with van der Waals surface area (Å²) in [6.07, 6.45) is 1.84. The first-order valence-electron chi connectivity index (χ1n) is 12.2. The molecule has 2 atom stereocenters. The summed E-state index contributed by atoms with van der Waals surface area (Å²) >= 11 is 11.8. The van der Waals surface area contributed by atoms with Crippen LogP contribution < -0.4 is 0 Å². The summed E-state index contributed by atoms with van der Waals surface area (Å²) in [6.45, 7) is 0. The predicted molar refractivity (Wildman–Crippen MR) is 148 cm³/mol. The Morgan fingerprint density at radius 1 is 0.444 bits per heavy atom. The Hall–Kier alpha value is -3.81. The lowest BCUT2D eigenvalue weighted by atomic mass is 10.1. The maximum absolute atomic E-state index is 14.4. The van der Waals surface area contributed by atoms with Crippen molar-refractivity contribution in [3.63, 3.8) is 0 Å². The second-order valence-corrected chi connectivity index (χ2v) is 12.3. The van der Waals surface area contributed by atoms with Crippen molar-refractivity contribution in [1.82, 2.24) is 0 Å². The Morgan fingerprint density at radius 2 is 0.689 bits per heavy atom. The van der Waals surface area contributed by atoms with E-state index in [0.717, 1.165) is 24.3 Å². The molecule has 0 N–H and O–H groups in total. The minimum Gasteiger partial charge on any atom is -0.227 e. The van der Waals surface area contributed by atoms with Crippen LogP contribution in [0.4, 0.5) is 43.9 Å². The molecule has 0 spiro atoms. The molecule has 2 nitrogen and oxygen atoms in total. The third-order valence-corrected chi connectivity index (χ3v) is 9.25. The molecule has 4 rings (SSSR count). The van der Waals surface area contributed by atoms with Crippen molar-refractivity contribution in [2.75, 3.05) is 0 Å². The van der Waals surface area contributed by atoms with Gasteiger partial charge < -0.3 is 0 Å². The molecule has 0 aliphatic carbocycles. The summed E-state index contributed by atoms with van der Waals surface area (Å²) in [6, 6.07) is 9.48. The van der Waals surface area contributed by atoms with Gasteiger partial charge >= 0.3 is 0 Å². The molecule has 4 aromatic carbocycles. The largest absolute Gasteiger partial charge is 0.227 e. The van der Waals surface area contributed by atoms with Gasteiger partial charge in [0.2, 0.25) is 11.6 Å². The molecule has 0 fully saturated rings. The van der Waals surface area contributed by atoms with Gasteiger partial charge in [-0.2, -0.15) is 0 Å². The number of rotatable bonds is 8. The van der Waals surface area contributed by atoms with E-state index < -0.39 is 89.6 Å². The van der Waals surface area contributed by atoms with Gasteiger partial charge in [0.05, 0.1) is 11.1 Å². The van der Waals surface area contributed by atoms with Gasteiger partial charge in [-0.15, -0.1) is 0 Å². The van der Waals surface area contributed by atoms with Crippen LogP contribution in [0.25, 0.3) is 12.2 Å². The molecule has 0 heterocycles. The first-order valence-corrected chi connectivity index (χ1v) is 14.6. The highest BCUT2D eigenvalue weighted by atomic mass is 35.5. The molecule has 0 aromatic heterocycles. The molecule has 0 aliphatic heterocycles. The lowest BCUT2D eigenvalue weighted by Crippen LogP contribution is -2.19. The highest BCUT2D eigenvalue weighted by molar-refractivity contribution is 7.92. The van der Waals surface area contributed by atoms with Crippen LogP contribution in [-0.4, -0.2) is 8.42 Å². The van der Waals surface area contributed by atoms with E-state index in [-0.39, 0.29) is 21.2 Å². The van der Waals surface area contributed by atoms with Crippen molar-refractivity contribution >= 4 is 45.2 Å². The average molecular weight is 699 g/mol. The third kappa shape index (κ3) is 6.61. The lowest BCUT2D eigenvalue weighted by molar-refractivity contribution is 0.377. The summed E-state index contributed by atoms with van der Waals surface area (Å²) in [4.78, 5) is 0. The van der Waals surface area contributed by atoms with Crippen molar-refractivity contribution < 1.29 is 52.3 Å². The van der Waals surface area contributed by atoms with Crippen molar-refractivity contribution in [3.05, 3.63) is 151 Å². The number of halogens is 12. The molecule has 15 heteroatoms. The number of hydrogen-bond acceptors (Lipinski definition) is 2. The molecule has 0 radical (unpaired) electrons. The minimum atomic E-state index is -4.92. The van der Waals surface area contributed by atoms with Gasteiger partial charge in [0, 0.05) is 10.0 Å². The van der Waals surface area contributed by atoms with Gasteiger partial charge in [-0.05, 0) is 35.4 Å². The zero-order valence-electron chi connectivity index (χ0n) is 21.8. The van der Waals surface area contributed by atoms with Crippen LogP contribution in [-0.2, 0) is 9.84 Å². The van der Waals surface area contributed by atoms with Gasteiger partial charge in [-0.25, -0.2) is 52.3 Å². The van der Waals surface area contributed by atoms with E-state index in [9.17, 15) is 52.3 Å². The molecule has 0 saturated heterocycles. The first-order chi connectivity index (χ1) is 21.1. The fourth-order valence-electron chi connectivity index (χ4n) is 4.19. The molecule has 2 unspecified atom stereocenters. The van der Waals surface area contributed by atoms with Gasteiger partial charge in [0.25, 0.3) is 0 Å². The molecule has 236 valence electrons. The molecule has 0 amide bonds. The summed E-state index contributed by atoms with van der Waals surface area (Å²) < 4.78 is 169. The first kappa shape index (κ1) is 34.1. The smallest absolute Gasteiger partial charge is 0.200 e. The van der Waals surface area contributed by atoms with E-state index in [1.165, 1.54) is 24.3 Å². The van der Waals surface area contributed by atoms with E-state index in [2.05, 4.69) is 0 Å². The maximum Gasteiger partial charge on any atom is 0.200 e. The number of hydrogen-bond donors (Lipinski definition) is 0. The summed E-state index contributed by atoms with van der Waals surface area (Å²) in [5, 5.41) is -3.77. The lowest BCUT2D eigenvalue weighted by Gasteiger charge is -2.22. The topological polar surface area (TPSA) is 34.1 Å². The molecule has 4 aromatic rings. The Morgan fingerprint density at radius 3 is 0.956 bits per heavy atom. The maximum atomic E-state index is 14.4. The van der Waals surface area contributed by atoms with E-state index in [4.69, 9.17) is 23.2 Å². The molecule has 45 heavy (non-hydrogen) atoms. The Labute approximate surface area is 258 Å². The minimum absolute atomic E-state index is 0.110. The van der Waals surface area contributed by atoms with Gasteiger partial charge in [0.15, 0.2) is 56.4 Å². The van der Waals surface area contributed by atoms with Crippen molar-refractivity contribution in [2.24, 2.45) is 0 Å². The number of benzene rings is 4. The highest BCUT2D eigenvalue weighted by Crippen LogP contribution is 2.39. The van der Waals surface area contributed by atoms with Crippen LogP contribution >= 0.6 is 23.2 Å². The highest BCUT2D eigenvalue weighted by Gasteiger charge is 2.35. The monoisotopic (exact) mass is 698 g/mol. The van der Waals surface area contributed by atoms with E-state index in [1.54, 1.807) is 0 Å². The fraction of sp³-hybridized carbons (Fsp3) is 0.0667. The van der Waals surface area contributed by atoms with Crippen LogP contribution in [0, 0.1) is 58.2 Å². The fourth-order valence-corrected chi connectivity index (χ4v) is 6.42. The van der Waals surface area contributed by atoms with Crippen LogP contribution in [0.1, 0.15) is 32.8 Å². The van der Waals surface area contributed by atoms with Crippen LogP contribution in [0.5, 0.6) is 0 Å². The summed E-state index contributed by atoms with van der Waals surface area (Å²) in [5.74, 6) is -23.2. The van der Waals surface area contributed by atoms with Crippen LogP contribution in [0.2, 0.25) is 10.0 Å². The second-order valence-electron chi connectivity index (χ2n) is 9.22. The third-order valence-electron chi connectivity index (χ3n) is 6.47. The Kier molecular flexibility index (Phi) is 10.1. The summed E-state index contributed by atoms with van der Waals surface area (Å²) in [5.41, 5.74) is -3.30. The average Bonchev–Trinajstić information content (AvgIpc) is 3.01. The van der Waals surface area contributed by atoms with Gasteiger partial charge in [0.1, 0.15) is 10.5 Å². The van der Waals surface area contributed by atoms with Crippen LogP contribution in [0.15, 0.2) is 60.7 Å². The van der Waals surface area contributed by atoms with Crippen molar-refractivity contribution in [3.8, 4) is 0 Å². The quantitative estimate of drug-likeness (QED) is 0.104. The van der Waals surface area contributed by atoms with E-state index in [0.29, 0.717) is 24.3 Å². The Balaban J connectivity index is 1.95. The molecule has 0 saturated carbocycles. The van der Waals surface area contributed by atoms with Crippen LogP contribution in [0.3, 0.4) is 0 Å². The van der Waals surface area contributed by atoms with E-state index >= 15 is 0 Å². The predicted octanol–water partition coefficient (Wildman–Crippen LogP) is 10.0. The van der Waals surface area contributed by atoms with Gasteiger partial charge in [-0.3, -0.25) is 0 Å². The molecule has 0 aliphatic rings. The molecular weight excluding hydrogens is 685 g/mol. The zero-order chi connectivity index (χ0) is 33.4. The van der Waals surface area contributed by atoms with Crippen molar-refractivity contribution in [2.45, 2.75) is 10.5 Å². The molecular formula is C30H14Cl2F10O2S. The van der Waals surface area contributed by atoms with Crippen molar-refractivity contribution in [1.29, 1.82) is 0 Å². The number of sulfone groups is 1. The van der Waals surface area contributed by atoms with E-state index in [1.807, 2.05) is 0 Å². The van der Waals surface area contributed by atoms with Gasteiger partial charge in [-0.1, -0.05) is 71.8 Å². The second kappa shape index (κ2) is 13.3. The summed E-state index contributed by atoms with van der Waals surface area (Å²) in [7, 11) is -4.92.